The monoisotopic (exact) mass is 134 g/mol. The Morgan fingerprint density at radius 3 is 2.12 bits per heavy atom. The van der Waals surface area contributed by atoms with E-state index in [1.165, 1.54) is 0 Å². The number of hydrogen-bond donors (Lipinski definition) is 0. The molecule has 0 spiro atoms. The molecule has 0 bridgehead atoms. The van der Waals surface area contributed by atoms with Crippen LogP contribution in [0.4, 0.5) is 0 Å². The lowest BCUT2D eigenvalue weighted by Gasteiger charge is -1.67. The van der Waals surface area contributed by atoms with Gasteiger partial charge < -0.3 is 5.48 Å². The quantitative estimate of drug-likeness (QED) is 0.512. The molecule has 0 rings (SSSR count). The number of rotatable bonds is 2. The standard InChI is InChI=1S/C6H10.H2O.H2S/c1-3-5-6-4-2;;/h3,5-6H,1,4H2,2H3;2*1H2. The van der Waals surface area contributed by atoms with Crippen molar-refractivity contribution >= 4 is 13.5 Å². The van der Waals surface area contributed by atoms with Crippen molar-refractivity contribution in [2.45, 2.75) is 13.3 Å². The first-order chi connectivity index (χ1) is 2.91. The Labute approximate surface area is 57.9 Å². The molecule has 1 nitrogen and oxygen atoms in total. The third-order valence-corrected chi connectivity index (χ3v) is 0.508. The zero-order chi connectivity index (χ0) is 4.83. The maximum absolute atomic E-state index is 3.51. The molecule has 0 aromatic carbocycles. The molecule has 0 atom stereocenters. The molecule has 0 saturated carbocycles. The summed E-state index contributed by atoms with van der Waals surface area (Å²) < 4.78 is 0. The minimum absolute atomic E-state index is 0. The van der Waals surface area contributed by atoms with Crippen LogP contribution in [-0.2, 0) is 0 Å². The Kier molecular flexibility index (Phi) is 31.0. The van der Waals surface area contributed by atoms with E-state index in [9.17, 15) is 0 Å². The summed E-state index contributed by atoms with van der Waals surface area (Å²) in [5, 5.41) is 0. The minimum atomic E-state index is 0. The van der Waals surface area contributed by atoms with E-state index in [-0.39, 0.29) is 19.0 Å². The fourth-order valence-corrected chi connectivity index (χ4v) is 0.232. The smallest absolute Gasteiger partial charge is 0.0376 e. The Balaban J connectivity index is -0.000000125. The van der Waals surface area contributed by atoms with Crippen LogP contribution in [0.15, 0.2) is 24.8 Å². The van der Waals surface area contributed by atoms with Gasteiger partial charge in [0.1, 0.15) is 0 Å². The van der Waals surface area contributed by atoms with E-state index in [4.69, 9.17) is 0 Å². The van der Waals surface area contributed by atoms with Crippen LogP contribution in [0, 0.1) is 0 Å². The van der Waals surface area contributed by atoms with Crippen LogP contribution in [-0.4, -0.2) is 5.48 Å². The van der Waals surface area contributed by atoms with E-state index in [2.05, 4.69) is 19.6 Å². The van der Waals surface area contributed by atoms with Crippen molar-refractivity contribution in [1.82, 2.24) is 0 Å². The largest absolute Gasteiger partial charge is 0.412 e. The Morgan fingerprint density at radius 1 is 1.50 bits per heavy atom. The van der Waals surface area contributed by atoms with Gasteiger partial charge in [-0.05, 0) is 6.42 Å². The van der Waals surface area contributed by atoms with Crippen LogP contribution >= 0.6 is 13.5 Å². The average molecular weight is 134 g/mol. The SMILES string of the molecule is C=CC=CCC.O.S. The topological polar surface area (TPSA) is 31.5 Å². The molecule has 0 aliphatic carbocycles. The lowest BCUT2D eigenvalue weighted by molar-refractivity contribution is 0.824. The summed E-state index contributed by atoms with van der Waals surface area (Å²) in [6, 6.07) is 0. The van der Waals surface area contributed by atoms with Crippen molar-refractivity contribution < 1.29 is 5.48 Å². The van der Waals surface area contributed by atoms with Crippen molar-refractivity contribution in [2.75, 3.05) is 0 Å². The molecule has 0 unspecified atom stereocenters. The van der Waals surface area contributed by atoms with E-state index >= 15 is 0 Å². The van der Waals surface area contributed by atoms with Gasteiger partial charge in [-0.2, -0.15) is 13.5 Å². The average Bonchev–Trinajstić information content (AvgIpc) is 1.61. The molecule has 0 amide bonds. The van der Waals surface area contributed by atoms with Crippen LogP contribution in [0.25, 0.3) is 0 Å². The van der Waals surface area contributed by atoms with Gasteiger partial charge in [0.15, 0.2) is 0 Å². The predicted molar refractivity (Wildman–Crippen MR) is 43.6 cm³/mol. The molecule has 2 N–H and O–H groups in total. The fourth-order valence-electron chi connectivity index (χ4n) is 0.232. The van der Waals surface area contributed by atoms with E-state index in [1.807, 2.05) is 6.08 Å². The zero-order valence-electron chi connectivity index (χ0n) is 5.15. The highest BCUT2D eigenvalue weighted by molar-refractivity contribution is 7.59. The maximum Gasteiger partial charge on any atom is -0.0376 e. The Bertz CT molecular complexity index is 59.5. The second kappa shape index (κ2) is 15.8. The van der Waals surface area contributed by atoms with Gasteiger partial charge in [0.2, 0.25) is 0 Å². The molecule has 0 fully saturated rings. The summed E-state index contributed by atoms with van der Waals surface area (Å²) in [5.41, 5.74) is 0. The van der Waals surface area contributed by atoms with Crippen molar-refractivity contribution in [1.29, 1.82) is 0 Å². The molecule has 0 aliphatic rings. The lowest BCUT2D eigenvalue weighted by atomic mass is 10.4. The third kappa shape index (κ3) is 17.1. The number of allylic oxidation sites excluding steroid dienone is 3. The molecule has 0 aliphatic heterocycles. The summed E-state index contributed by atoms with van der Waals surface area (Å²) in [6.07, 6.45) is 6.89. The van der Waals surface area contributed by atoms with Gasteiger partial charge in [-0.3, -0.25) is 0 Å². The first kappa shape index (κ1) is 15.7. The number of hydrogen-bond acceptors (Lipinski definition) is 0. The van der Waals surface area contributed by atoms with Gasteiger partial charge >= 0.3 is 0 Å². The molecule has 0 aromatic heterocycles. The molecular formula is C6H14OS. The van der Waals surface area contributed by atoms with E-state index in [0.29, 0.717) is 0 Å². The van der Waals surface area contributed by atoms with E-state index in [0.717, 1.165) is 6.42 Å². The minimum Gasteiger partial charge on any atom is -0.412 e. The zero-order valence-corrected chi connectivity index (χ0v) is 6.15. The molecule has 2 heteroatoms. The first-order valence-corrected chi connectivity index (χ1v) is 2.19. The van der Waals surface area contributed by atoms with Crippen LogP contribution in [0.2, 0.25) is 0 Å². The van der Waals surface area contributed by atoms with Crippen molar-refractivity contribution in [3.8, 4) is 0 Å². The van der Waals surface area contributed by atoms with Crippen LogP contribution < -0.4 is 0 Å². The third-order valence-electron chi connectivity index (χ3n) is 0.508. The molecule has 0 radical (unpaired) electrons. The molecular weight excluding hydrogens is 120 g/mol. The van der Waals surface area contributed by atoms with Gasteiger partial charge in [-0.25, -0.2) is 0 Å². The van der Waals surface area contributed by atoms with Crippen LogP contribution in [0.1, 0.15) is 13.3 Å². The Morgan fingerprint density at radius 2 is 2.00 bits per heavy atom. The summed E-state index contributed by atoms with van der Waals surface area (Å²) in [5.74, 6) is 0. The molecule has 8 heavy (non-hydrogen) atoms. The molecule has 0 aromatic rings. The van der Waals surface area contributed by atoms with Crippen LogP contribution in [0.5, 0.6) is 0 Å². The van der Waals surface area contributed by atoms with Crippen molar-refractivity contribution in [2.24, 2.45) is 0 Å². The molecule has 0 heterocycles. The summed E-state index contributed by atoms with van der Waals surface area (Å²) in [7, 11) is 0. The maximum atomic E-state index is 3.51. The highest BCUT2D eigenvalue weighted by Crippen LogP contribution is 1.76. The van der Waals surface area contributed by atoms with Gasteiger partial charge in [0, 0.05) is 0 Å². The van der Waals surface area contributed by atoms with Gasteiger partial charge in [-0.1, -0.05) is 31.7 Å². The van der Waals surface area contributed by atoms with Gasteiger partial charge in [0.25, 0.3) is 0 Å². The second-order valence-corrected chi connectivity index (χ2v) is 1.07. The molecule has 50 valence electrons. The molecule has 0 saturated heterocycles. The van der Waals surface area contributed by atoms with Gasteiger partial charge in [0.05, 0.1) is 0 Å². The van der Waals surface area contributed by atoms with Crippen molar-refractivity contribution in [3.63, 3.8) is 0 Å². The van der Waals surface area contributed by atoms with Crippen LogP contribution in [0.3, 0.4) is 0 Å². The first-order valence-electron chi connectivity index (χ1n) is 2.19. The second-order valence-electron chi connectivity index (χ2n) is 1.07. The van der Waals surface area contributed by atoms with E-state index in [1.54, 1.807) is 6.08 Å². The van der Waals surface area contributed by atoms with E-state index < -0.39 is 0 Å². The Hall–Kier alpha value is -0.210. The highest BCUT2D eigenvalue weighted by Gasteiger charge is 1.55. The van der Waals surface area contributed by atoms with Gasteiger partial charge in [-0.15, -0.1) is 0 Å². The normalized spacial score (nSPS) is 7.12. The van der Waals surface area contributed by atoms with Crippen molar-refractivity contribution in [3.05, 3.63) is 24.8 Å². The lowest BCUT2D eigenvalue weighted by Crippen LogP contribution is -1.46. The highest BCUT2D eigenvalue weighted by atomic mass is 32.1. The summed E-state index contributed by atoms with van der Waals surface area (Å²) in [4.78, 5) is 0. The fraction of sp³-hybridized carbons (Fsp3) is 0.333. The summed E-state index contributed by atoms with van der Waals surface area (Å²) in [6.45, 7) is 5.61. The summed E-state index contributed by atoms with van der Waals surface area (Å²) >= 11 is 0. The predicted octanol–water partition coefficient (Wildman–Crippen LogP) is 1.43.